The standard InChI is InChI=1S/C25H26N2O3/c1-29-16-8-15-27-24(26-23-14-6-5-13-22(23)25(27)28)20-11-7-12-21(17-20)30-18-19-9-3-2-4-10-19/h2-7,9-14,17,24,26H,8,15-16,18H2,1H3. The first-order chi connectivity index (χ1) is 14.8. The Morgan fingerprint density at radius 2 is 1.77 bits per heavy atom. The summed E-state index contributed by atoms with van der Waals surface area (Å²) in [5.41, 5.74) is 3.65. The highest BCUT2D eigenvalue weighted by Gasteiger charge is 2.32. The molecule has 1 N–H and O–H groups in total. The second kappa shape index (κ2) is 9.46. The normalized spacial score (nSPS) is 15.4. The minimum atomic E-state index is -0.260. The van der Waals surface area contributed by atoms with Gasteiger partial charge in [-0.15, -0.1) is 0 Å². The molecule has 0 spiro atoms. The van der Waals surface area contributed by atoms with Crippen LogP contribution in [0.15, 0.2) is 78.9 Å². The van der Waals surface area contributed by atoms with Crippen LogP contribution >= 0.6 is 0 Å². The van der Waals surface area contributed by atoms with Gasteiger partial charge < -0.3 is 19.7 Å². The van der Waals surface area contributed by atoms with E-state index in [1.54, 1.807) is 7.11 Å². The Labute approximate surface area is 177 Å². The van der Waals surface area contributed by atoms with Crippen molar-refractivity contribution >= 4 is 11.6 Å². The third kappa shape index (κ3) is 4.47. The van der Waals surface area contributed by atoms with Crippen molar-refractivity contribution < 1.29 is 14.3 Å². The summed E-state index contributed by atoms with van der Waals surface area (Å²) >= 11 is 0. The molecule has 1 unspecified atom stereocenters. The fourth-order valence-electron chi connectivity index (χ4n) is 3.68. The number of hydrogen-bond donors (Lipinski definition) is 1. The summed E-state index contributed by atoms with van der Waals surface area (Å²) < 4.78 is 11.2. The van der Waals surface area contributed by atoms with E-state index in [1.807, 2.05) is 83.8 Å². The van der Waals surface area contributed by atoms with Crippen molar-refractivity contribution in [3.8, 4) is 5.75 Å². The average molecular weight is 402 g/mol. The van der Waals surface area contributed by atoms with Crippen LogP contribution in [0.25, 0.3) is 0 Å². The van der Waals surface area contributed by atoms with E-state index < -0.39 is 0 Å². The molecule has 0 saturated heterocycles. The first kappa shape index (κ1) is 20.0. The molecule has 1 amide bonds. The van der Waals surface area contributed by atoms with Gasteiger partial charge in [-0.3, -0.25) is 4.79 Å². The number of benzene rings is 3. The minimum absolute atomic E-state index is 0.0288. The maximum atomic E-state index is 13.2. The van der Waals surface area contributed by atoms with Gasteiger partial charge in [-0.05, 0) is 41.8 Å². The molecule has 0 saturated carbocycles. The molecule has 0 aliphatic carbocycles. The number of nitrogens with one attached hydrogen (secondary N) is 1. The monoisotopic (exact) mass is 402 g/mol. The van der Waals surface area contributed by atoms with E-state index in [0.29, 0.717) is 25.3 Å². The zero-order chi connectivity index (χ0) is 20.8. The molecule has 1 atom stereocenters. The molecule has 1 heterocycles. The molecule has 5 nitrogen and oxygen atoms in total. The summed E-state index contributed by atoms with van der Waals surface area (Å²) in [7, 11) is 1.68. The summed E-state index contributed by atoms with van der Waals surface area (Å²) in [4.78, 5) is 15.1. The molecule has 0 fully saturated rings. The average Bonchev–Trinajstić information content (AvgIpc) is 2.80. The number of hydrogen-bond acceptors (Lipinski definition) is 4. The number of anilines is 1. The zero-order valence-corrected chi connectivity index (χ0v) is 17.1. The summed E-state index contributed by atoms with van der Waals surface area (Å²) in [6.45, 7) is 1.72. The molecule has 5 heteroatoms. The van der Waals surface area contributed by atoms with Crippen molar-refractivity contribution in [3.63, 3.8) is 0 Å². The maximum absolute atomic E-state index is 13.2. The van der Waals surface area contributed by atoms with Crippen LogP contribution in [0, 0.1) is 0 Å². The van der Waals surface area contributed by atoms with Crippen LogP contribution in [0.1, 0.15) is 34.1 Å². The molecule has 3 aromatic rings. The summed E-state index contributed by atoms with van der Waals surface area (Å²) in [6.07, 6.45) is 0.511. The number of ether oxygens (including phenoxy) is 2. The lowest BCUT2D eigenvalue weighted by Crippen LogP contribution is -2.43. The van der Waals surface area contributed by atoms with Gasteiger partial charge in [0.25, 0.3) is 5.91 Å². The predicted octanol–water partition coefficient (Wildman–Crippen LogP) is 4.87. The van der Waals surface area contributed by atoms with E-state index in [9.17, 15) is 4.79 Å². The van der Waals surface area contributed by atoms with Crippen molar-refractivity contribution in [1.29, 1.82) is 0 Å². The van der Waals surface area contributed by atoms with Crippen molar-refractivity contribution in [2.75, 3.05) is 25.6 Å². The van der Waals surface area contributed by atoms with Gasteiger partial charge in [0.05, 0.1) is 5.56 Å². The number of para-hydroxylation sites is 1. The van der Waals surface area contributed by atoms with E-state index in [2.05, 4.69) is 5.32 Å². The molecule has 0 aromatic heterocycles. The smallest absolute Gasteiger partial charge is 0.257 e. The van der Waals surface area contributed by atoms with Crippen LogP contribution < -0.4 is 10.1 Å². The van der Waals surface area contributed by atoms with Crippen LogP contribution in [0.4, 0.5) is 5.69 Å². The van der Waals surface area contributed by atoms with Crippen LogP contribution in [-0.2, 0) is 11.3 Å². The summed E-state index contributed by atoms with van der Waals surface area (Å²) in [6, 6.07) is 25.7. The van der Waals surface area contributed by atoms with Crippen LogP contribution in [-0.4, -0.2) is 31.1 Å². The van der Waals surface area contributed by atoms with Gasteiger partial charge in [0, 0.05) is 25.9 Å². The predicted molar refractivity (Wildman–Crippen MR) is 118 cm³/mol. The van der Waals surface area contributed by atoms with Gasteiger partial charge in [-0.25, -0.2) is 0 Å². The Morgan fingerprint density at radius 3 is 2.60 bits per heavy atom. The van der Waals surface area contributed by atoms with Gasteiger partial charge in [-0.1, -0.05) is 54.6 Å². The number of nitrogens with zero attached hydrogens (tertiary/aromatic N) is 1. The van der Waals surface area contributed by atoms with Crippen molar-refractivity contribution in [2.45, 2.75) is 19.2 Å². The highest BCUT2D eigenvalue weighted by atomic mass is 16.5. The van der Waals surface area contributed by atoms with Crippen molar-refractivity contribution in [2.24, 2.45) is 0 Å². The molecule has 154 valence electrons. The molecular weight excluding hydrogens is 376 g/mol. The number of carbonyl (C=O) groups is 1. The fourth-order valence-corrected chi connectivity index (χ4v) is 3.68. The van der Waals surface area contributed by atoms with Crippen molar-refractivity contribution in [1.82, 2.24) is 4.90 Å². The molecule has 0 radical (unpaired) electrons. The number of fused-ring (bicyclic) bond motifs is 1. The largest absolute Gasteiger partial charge is 0.489 e. The number of carbonyl (C=O) groups excluding carboxylic acids is 1. The van der Waals surface area contributed by atoms with Crippen LogP contribution in [0.5, 0.6) is 5.75 Å². The van der Waals surface area contributed by atoms with Crippen LogP contribution in [0.3, 0.4) is 0 Å². The Hall–Kier alpha value is -3.31. The Kier molecular flexibility index (Phi) is 6.30. The summed E-state index contributed by atoms with van der Waals surface area (Å²) in [5.74, 6) is 0.808. The van der Waals surface area contributed by atoms with E-state index in [1.165, 1.54) is 0 Å². The second-order valence-corrected chi connectivity index (χ2v) is 7.28. The molecule has 1 aliphatic heterocycles. The summed E-state index contributed by atoms with van der Waals surface area (Å²) in [5, 5.41) is 3.53. The topological polar surface area (TPSA) is 50.8 Å². The first-order valence-electron chi connectivity index (χ1n) is 10.2. The van der Waals surface area contributed by atoms with E-state index in [0.717, 1.165) is 29.0 Å². The molecule has 4 rings (SSSR count). The minimum Gasteiger partial charge on any atom is -0.489 e. The quantitative estimate of drug-likeness (QED) is 0.546. The zero-order valence-electron chi connectivity index (χ0n) is 17.1. The Bertz CT molecular complexity index is 990. The van der Waals surface area contributed by atoms with Gasteiger partial charge in [-0.2, -0.15) is 0 Å². The lowest BCUT2D eigenvalue weighted by atomic mass is 10.0. The molecule has 1 aliphatic rings. The van der Waals surface area contributed by atoms with Gasteiger partial charge in [0.2, 0.25) is 0 Å². The van der Waals surface area contributed by atoms with Crippen molar-refractivity contribution in [3.05, 3.63) is 95.6 Å². The van der Waals surface area contributed by atoms with E-state index in [-0.39, 0.29) is 12.1 Å². The molecule has 30 heavy (non-hydrogen) atoms. The lowest BCUT2D eigenvalue weighted by Gasteiger charge is -2.38. The highest BCUT2D eigenvalue weighted by molar-refractivity contribution is 6.01. The van der Waals surface area contributed by atoms with Gasteiger partial charge in [0.1, 0.15) is 18.5 Å². The second-order valence-electron chi connectivity index (χ2n) is 7.28. The third-order valence-electron chi connectivity index (χ3n) is 5.19. The van der Waals surface area contributed by atoms with Gasteiger partial charge in [0.15, 0.2) is 0 Å². The van der Waals surface area contributed by atoms with Gasteiger partial charge >= 0.3 is 0 Å². The Morgan fingerprint density at radius 1 is 0.967 bits per heavy atom. The highest BCUT2D eigenvalue weighted by Crippen LogP contribution is 2.34. The number of rotatable bonds is 8. The molecule has 0 bridgehead atoms. The maximum Gasteiger partial charge on any atom is 0.257 e. The van der Waals surface area contributed by atoms with Crippen LogP contribution in [0.2, 0.25) is 0 Å². The lowest BCUT2D eigenvalue weighted by molar-refractivity contribution is 0.0660. The van der Waals surface area contributed by atoms with E-state index in [4.69, 9.17) is 9.47 Å². The number of methoxy groups -OCH3 is 1. The molecular formula is C25H26N2O3. The Balaban J connectivity index is 1.57. The fraction of sp³-hybridized carbons (Fsp3) is 0.240. The third-order valence-corrected chi connectivity index (χ3v) is 5.19. The first-order valence-corrected chi connectivity index (χ1v) is 10.2. The SMILES string of the molecule is COCCCN1C(=O)c2ccccc2NC1c1cccc(OCc2ccccc2)c1. The number of amides is 1. The van der Waals surface area contributed by atoms with E-state index >= 15 is 0 Å². The molecule has 3 aromatic carbocycles.